The van der Waals surface area contributed by atoms with E-state index in [0.29, 0.717) is 45.1 Å². The molecule has 0 aromatic heterocycles. The lowest BCUT2D eigenvalue weighted by molar-refractivity contribution is 0.627. The Labute approximate surface area is 217 Å². The lowest BCUT2D eigenvalue weighted by Crippen LogP contribution is -2.08. The van der Waals surface area contributed by atoms with Crippen LogP contribution in [0.1, 0.15) is 36.1 Å². The minimum absolute atomic E-state index is 0.397. The molecule has 0 saturated carbocycles. The highest BCUT2D eigenvalue weighted by atomic mass is 19.1. The van der Waals surface area contributed by atoms with Crippen molar-refractivity contribution in [2.24, 2.45) is 20.4 Å². The number of hydrogen-bond donors (Lipinski definition) is 0. The number of rotatable bonds is 7. The standard InChI is InChI=1S/C30H22F4N4/c1-19(35-37-29(21-3-11-25(31)12-4-21)22-5-13-26(32)14-6-22)20(2)36-38-30(23-7-15-27(33)16-8-23)24-9-17-28(34)18-10-24/h3-18H,1-2H3/b35-19+,36-20+. The van der Waals surface area contributed by atoms with Gasteiger partial charge in [-0.05, 0) is 111 Å². The van der Waals surface area contributed by atoms with Crippen LogP contribution >= 0.6 is 0 Å². The summed E-state index contributed by atoms with van der Waals surface area (Å²) < 4.78 is 53.9. The van der Waals surface area contributed by atoms with Crippen LogP contribution in [0.2, 0.25) is 0 Å². The molecule has 0 aliphatic carbocycles. The lowest BCUT2D eigenvalue weighted by Gasteiger charge is -2.07. The van der Waals surface area contributed by atoms with Crippen molar-refractivity contribution in [1.29, 1.82) is 0 Å². The van der Waals surface area contributed by atoms with Crippen molar-refractivity contribution < 1.29 is 17.6 Å². The fourth-order valence-corrected chi connectivity index (χ4v) is 3.39. The quantitative estimate of drug-likeness (QED) is 0.140. The second kappa shape index (κ2) is 12.0. The minimum Gasteiger partial charge on any atom is -0.207 e. The van der Waals surface area contributed by atoms with Crippen LogP contribution in [0.4, 0.5) is 17.6 Å². The van der Waals surface area contributed by atoms with E-state index in [2.05, 4.69) is 20.4 Å². The van der Waals surface area contributed by atoms with Crippen molar-refractivity contribution >= 4 is 22.8 Å². The van der Waals surface area contributed by atoms with Gasteiger partial charge in [-0.2, -0.15) is 10.2 Å². The molecule has 0 atom stereocenters. The number of nitrogens with zero attached hydrogens (tertiary/aromatic N) is 4. The van der Waals surface area contributed by atoms with Crippen LogP contribution in [0.15, 0.2) is 117 Å². The van der Waals surface area contributed by atoms with Gasteiger partial charge in [-0.15, -0.1) is 10.2 Å². The van der Waals surface area contributed by atoms with Crippen LogP contribution in [0, 0.1) is 23.3 Å². The SMILES string of the molecule is CC(=N\N=C(c1ccc(F)cc1)c1ccc(F)cc1)/C(C)=N/N=C(c1ccc(F)cc1)c1ccc(F)cc1. The Balaban J connectivity index is 1.71. The van der Waals surface area contributed by atoms with E-state index in [0.717, 1.165) is 0 Å². The predicted octanol–water partition coefficient (Wildman–Crippen LogP) is 7.37. The third-order valence-electron chi connectivity index (χ3n) is 5.59. The van der Waals surface area contributed by atoms with Crippen molar-refractivity contribution in [3.8, 4) is 0 Å². The van der Waals surface area contributed by atoms with Crippen molar-refractivity contribution in [1.82, 2.24) is 0 Å². The number of halogens is 4. The molecule has 0 heterocycles. The van der Waals surface area contributed by atoms with Gasteiger partial charge in [0.15, 0.2) is 0 Å². The van der Waals surface area contributed by atoms with E-state index < -0.39 is 23.3 Å². The van der Waals surface area contributed by atoms with E-state index in [1.165, 1.54) is 48.5 Å². The van der Waals surface area contributed by atoms with E-state index in [1.54, 1.807) is 62.4 Å². The zero-order valence-corrected chi connectivity index (χ0v) is 20.5. The van der Waals surface area contributed by atoms with Crippen LogP contribution in [0.5, 0.6) is 0 Å². The fourth-order valence-electron chi connectivity index (χ4n) is 3.39. The molecular weight excluding hydrogens is 492 g/mol. The Hall–Kier alpha value is -4.72. The second-order valence-electron chi connectivity index (χ2n) is 8.30. The highest BCUT2D eigenvalue weighted by Gasteiger charge is 2.10. The molecule has 38 heavy (non-hydrogen) atoms. The summed E-state index contributed by atoms with van der Waals surface area (Å²) in [7, 11) is 0. The summed E-state index contributed by atoms with van der Waals surface area (Å²) in [6.07, 6.45) is 0. The first-order valence-corrected chi connectivity index (χ1v) is 11.6. The van der Waals surface area contributed by atoms with Gasteiger partial charge in [-0.1, -0.05) is 0 Å². The molecule has 4 aromatic carbocycles. The van der Waals surface area contributed by atoms with Crippen molar-refractivity contribution in [3.63, 3.8) is 0 Å². The zero-order valence-electron chi connectivity index (χ0n) is 20.5. The second-order valence-corrected chi connectivity index (χ2v) is 8.30. The molecule has 0 radical (unpaired) electrons. The Morgan fingerprint density at radius 2 is 0.579 bits per heavy atom. The summed E-state index contributed by atoms with van der Waals surface area (Å²) in [4.78, 5) is 0. The van der Waals surface area contributed by atoms with Gasteiger partial charge >= 0.3 is 0 Å². The Bertz CT molecular complexity index is 1310. The monoisotopic (exact) mass is 514 g/mol. The maximum atomic E-state index is 13.5. The summed E-state index contributed by atoms with van der Waals surface area (Å²) in [5, 5.41) is 17.3. The van der Waals surface area contributed by atoms with Gasteiger partial charge in [0.2, 0.25) is 0 Å². The highest BCUT2D eigenvalue weighted by molar-refractivity contribution is 6.40. The first kappa shape index (κ1) is 26.3. The maximum Gasteiger partial charge on any atom is 0.123 e. The smallest absolute Gasteiger partial charge is 0.123 e. The van der Waals surface area contributed by atoms with Gasteiger partial charge in [0, 0.05) is 22.3 Å². The van der Waals surface area contributed by atoms with Crippen molar-refractivity contribution in [2.75, 3.05) is 0 Å². The van der Waals surface area contributed by atoms with E-state index in [-0.39, 0.29) is 0 Å². The normalized spacial score (nSPS) is 11.7. The molecule has 8 heteroatoms. The Morgan fingerprint density at radius 1 is 0.368 bits per heavy atom. The largest absolute Gasteiger partial charge is 0.207 e. The Morgan fingerprint density at radius 3 is 0.789 bits per heavy atom. The van der Waals surface area contributed by atoms with Crippen LogP contribution in [-0.4, -0.2) is 22.8 Å². The molecule has 4 rings (SSSR count). The van der Waals surface area contributed by atoms with E-state index in [9.17, 15) is 17.6 Å². The minimum atomic E-state index is -0.397. The molecule has 0 aliphatic heterocycles. The molecule has 190 valence electrons. The van der Waals surface area contributed by atoms with Gasteiger partial charge in [0.05, 0.1) is 11.4 Å². The van der Waals surface area contributed by atoms with Crippen molar-refractivity contribution in [3.05, 3.63) is 143 Å². The summed E-state index contributed by atoms with van der Waals surface area (Å²) in [5.74, 6) is -1.59. The van der Waals surface area contributed by atoms with E-state index >= 15 is 0 Å². The van der Waals surface area contributed by atoms with Gasteiger partial charge in [-0.3, -0.25) is 0 Å². The van der Waals surface area contributed by atoms with Crippen LogP contribution < -0.4 is 0 Å². The molecular formula is C30H22F4N4. The maximum absolute atomic E-state index is 13.5. The summed E-state index contributed by atoms with van der Waals surface area (Å²) in [6, 6.07) is 22.9. The molecule has 0 saturated heterocycles. The first-order chi connectivity index (χ1) is 18.3. The number of benzene rings is 4. The summed E-state index contributed by atoms with van der Waals surface area (Å²) >= 11 is 0. The molecule has 0 spiro atoms. The molecule has 4 nitrogen and oxygen atoms in total. The van der Waals surface area contributed by atoms with Crippen LogP contribution in [0.3, 0.4) is 0 Å². The fraction of sp³-hybridized carbons (Fsp3) is 0.0667. The molecule has 0 amide bonds. The highest BCUT2D eigenvalue weighted by Crippen LogP contribution is 2.15. The van der Waals surface area contributed by atoms with Gasteiger partial charge in [0.25, 0.3) is 0 Å². The average Bonchev–Trinajstić information content (AvgIpc) is 2.92. The average molecular weight is 515 g/mol. The number of hydrogen-bond acceptors (Lipinski definition) is 4. The molecule has 4 aromatic rings. The molecule has 0 unspecified atom stereocenters. The first-order valence-electron chi connectivity index (χ1n) is 11.6. The molecule has 0 bridgehead atoms. The van der Waals surface area contributed by atoms with Gasteiger partial charge in [0.1, 0.15) is 34.7 Å². The van der Waals surface area contributed by atoms with E-state index in [4.69, 9.17) is 0 Å². The predicted molar refractivity (Wildman–Crippen MR) is 143 cm³/mol. The molecule has 0 fully saturated rings. The van der Waals surface area contributed by atoms with Crippen molar-refractivity contribution in [2.45, 2.75) is 13.8 Å². The molecule has 0 N–H and O–H groups in total. The lowest BCUT2D eigenvalue weighted by atomic mass is 10.0. The third-order valence-corrected chi connectivity index (χ3v) is 5.59. The van der Waals surface area contributed by atoms with Crippen LogP contribution in [-0.2, 0) is 0 Å². The summed E-state index contributed by atoms with van der Waals surface area (Å²) in [6.45, 7) is 3.39. The van der Waals surface area contributed by atoms with Gasteiger partial charge < -0.3 is 0 Å². The summed E-state index contributed by atoms with van der Waals surface area (Å²) in [5.41, 5.74) is 4.09. The van der Waals surface area contributed by atoms with Crippen LogP contribution in [0.25, 0.3) is 0 Å². The van der Waals surface area contributed by atoms with Gasteiger partial charge in [-0.25, -0.2) is 17.6 Å². The molecule has 0 aliphatic rings. The zero-order chi connectivity index (χ0) is 27.1. The third kappa shape index (κ3) is 6.73. The topological polar surface area (TPSA) is 49.4 Å². The Kier molecular flexibility index (Phi) is 8.33. The van der Waals surface area contributed by atoms with E-state index in [1.807, 2.05) is 0 Å².